The summed E-state index contributed by atoms with van der Waals surface area (Å²) in [6.07, 6.45) is 3.25. The molecule has 2 amide bonds. The Morgan fingerprint density at radius 3 is 2.52 bits per heavy atom. The third kappa shape index (κ3) is 7.20. The van der Waals surface area contributed by atoms with E-state index >= 15 is 0 Å². The van der Waals surface area contributed by atoms with Crippen molar-refractivity contribution in [3.8, 4) is 0 Å². The van der Waals surface area contributed by atoms with E-state index in [9.17, 15) is 9.59 Å². The van der Waals surface area contributed by atoms with E-state index in [-0.39, 0.29) is 18.0 Å². The number of likely N-dealkylation sites (tertiary alicyclic amines) is 1. The van der Waals surface area contributed by atoms with Crippen LogP contribution in [0.3, 0.4) is 0 Å². The normalized spacial score (nSPS) is 20.3. The molecule has 1 rings (SSSR count). The number of nitrogens with one attached hydrogen (secondary N) is 1. The summed E-state index contributed by atoms with van der Waals surface area (Å²) in [5, 5.41) is 2.89. The number of hydrogen-bond donors (Lipinski definition) is 2. The number of amides is 2. The molecule has 0 saturated carbocycles. The average Bonchev–Trinajstić information content (AvgIpc) is 2.42. The second-order valence-corrected chi connectivity index (χ2v) is 7.80. The van der Waals surface area contributed by atoms with Crippen LogP contribution in [-0.2, 0) is 9.53 Å². The van der Waals surface area contributed by atoms with Gasteiger partial charge in [-0.1, -0.05) is 13.8 Å². The Hall–Kier alpha value is -1.30. The molecule has 0 bridgehead atoms. The van der Waals surface area contributed by atoms with Gasteiger partial charge in [-0.25, -0.2) is 4.79 Å². The van der Waals surface area contributed by atoms with E-state index in [0.29, 0.717) is 25.4 Å². The maximum Gasteiger partial charge on any atom is 0.410 e. The highest BCUT2D eigenvalue weighted by Crippen LogP contribution is 2.20. The highest BCUT2D eigenvalue weighted by Gasteiger charge is 2.30. The Bertz CT molecular complexity index is 404. The van der Waals surface area contributed by atoms with Crippen molar-refractivity contribution in [3.05, 3.63) is 0 Å². The van der Waals surface area contributed by atoms with Crippen molar-refractivity contribution in [1.82, 2.24) is 10.2 Å². The number of carbonyl (C=O) groups excluding carboxylic acids is 2. The Kier molecular flexibility index (Phi) is 7.32. The van der Waals surface area contributed by atoms with Crippen LogP contribution in [0.1, 0.15) is 60.3 Å². The van der Waals surface area contributed by atoms with Crippen LogP contribution in [0, 0.1) is 5.92 Å². The van der Waals surface area contributed by atoms with Gasteiger partial charge in [-0.05, 0) is 52.4 Å². The van der Waals surface area contributed by atoms with Crippen molar-refractivity contribution in [2.75, 3.05) is 13.1 Å². The van der Waals surface area contributed by atoms with Gasteiger partial charge in [-0.15, -0.1) is 0 Å². The maximum atomic E-state index is 12.3. The lowest BCUT2D eigenvalue weighted by Crippen LogP contribution is -2.52. The van der Waals surface area contributed by atoms with Gasteiger partial charge in [0.2, 0.25) is 5.91 Å². The van der Waals surface area contributed by atoms with Gasteiger partial charge in [-0.3, -0.25) is 4.79 Å². The molecule has 1 aliphatic heterocycles. The Morgan fingerprint density at radius 2 is 1.96 bits per heavy atom. The van der Waals surface area contributed by atoms with E-state index in [1.165, 1.54) is 0 Å². The smallest absolute Gasteiger partial charge is 0.410 e. The molecule has 6 nitrogen and oxygen atoms in total. The van der Waals surface area contributed by atoms with Crippen LogP contribution in [0.25, 0.3) is 0 Å². The molecule has 1 heterocycles. The summed E-state index contributed by atoms with van der Waals surface area (Å²) in [4.78, 5) is 26.1. The number of rotatable bonds is 5. The van der Waals surface area contributed by atoms with Crippen LogP contribution in [0.15, 0.2) is 0 Å². The van der Waals surface area contributed by atoms with Crippen LogP contribution in [0.2, 0.25) is 0 Å². The summed E-state index contributed by atoms with van der Waals surface area (Å²) >= 11 is 0. The van der Waals surface area contributed by atoms with Crippen LogP contribution < -0.4 is 11.1 Å². The molecule has 0 radical (unpaired) electrons. The predicted molar refractivity (Wildman–Crippen MR) is 91.0 cm³/mol. The van der Waals surface area contributed by atoms with E-state index in [4.69, 9.17) is 10.5 Å². The first-order chi connectivity index (χ1) is 10.6. The van der Waals surface area contributed by atoms with E-state index in [0.717, 1.165) is 19.3 Å². The minimum absolute atomic E-state index is 0.0196. The number of piperidine rings is 1. The molecule has 134 valence electrons. The third-order valence-corrected chi connectivity index (χ3v) is 3.83. The van der Waals surface area contributed by atoms with Crippen LogP contribution >= 0.6 is 0 Å². The van der Waals surface area contributed by atoms with Crippen molar-refractivity contribution in [2.24, 2.45) is 11.7 Å². The van der Waals surface area contributed by atoms with Crippen molar-refractivity contribution >= 4 is 12.0 Å². The number of carbonyl (C=O) groups is 2. The monoisotopic (exact) mass is 327 g/mol. The maximum absolute atomic E-state index is 12.3. The summed E-state index contributed by atoms with van der Waals surface area (Å²) in [5.74, 6) is 0.233. The first kappa shape index (κ1) is 19.7. The molecule has 0 aromatic rings. The minimum atomic E-state index is -0.512. The average molecular weight is 327 g/mol. The molecule has 1 unspecified atom stereocenters. The summed E-state index contributed by atoms with van der Waals surface area (Å²) < 4.78 is 5.46. The van der Waals surface area contributed by atoms with E-state index in [1.807, 2.05) is 34.6 Å². The van der Waals surface area contributed by atoms with Gasteiger partial charge >= 0.3 is 6.09 Å². The fraction of sp³-hybridized carbons (Fsp3) is 0.882. The summed E-state index contributed by atoms with van der Waals surface area (Å²) in [6, 6.07) is -0.512. The third-order valence-electron chi connectivity index (χ3n) is 3.83. The van der Waals surface area contributed by atoms with Crippen LogP contribution in [0.5, 0.6) is 0 Å². The fourth-order valence-corrected chi connectivity index (χ4v) is 2.74. The van der Waals surface area contributed by atoms with Crippen LogP contribution in [-0.4, -0.2) is 47.7 Å². The lowest BCUT2D eigenvalue weighted by atomic mass is 10.0. The summed E-state index contributed by atoms with van der Waals surface area (Å²) in [5.41, 5.74) is 5.38. The van der Waals surface area contributed by atoms with Gasteiger partial charge < -0.3 is 20.7 Å². The highest BCUT2D eigenvalue weighted by molar-refractivity contribution is 5.81. The van der Waals surface area contributed by atoms with Crippen molar-refractivity contribution in [2.45, 2.75) is 78.0 Å². The van der Waals surface area contributed by atoms with E-state index in [1.54, 1.807) is 4.90 Å². The summed E-state index contributed by atoms with van der Waals surface area (Å²) in [7, 11) is 0. The van der Waals surface area contributed by atoms with Gasteiger partial charge in [-0.2, -0.15) is 0 Å². The first-order valence-electron chi connectivity index (χ1n) is 8.63. The second kappa shape index (κ2) is 8.52. The number of hydrogen-bond acceptors (Lipinski definition) is 4. The minimum Gasteiger partial charge on any atom is -0.444 e. The molecule has 1 fully saturated rings. The summed E-state index contributed by atoms with van der Waals surface area (Å²) in [6.45, 7) is 10.8. The molecular formula is C17H33N3O3. The zero-order chi connectivity index (χ0) is 17.6. The molecule has 23 heavy (non-hydrogen) atoms. The SMILES string of the molecule is CC(C)C[C@H](N)C(=O)NCC1CCCCN1C(=O)OC(C)(C)C. The van der Waals surface area contributed by atoms with Crippen molar-refractivity contribution in [3.63, 3.8) is 0 Å². The van der Waals surface area contributed by atoms with Gasteiger partial charge in [0, 0.05) is 13.1 Å². The largest absolute Gasteiger partial charge is 0.444 e. The van der Waals surface area contributed by atoms with Gasteiger partial charge in [0.25, 0.3) is 0 Å². The predicted octanol–water partition coefficient (Wildman–Crippen LogP) is 2.27. The van der Waals surface area contributed by atoms with E-state index in [2.05, 4.69) is 5.32 Å². The lowest BCUT2D eigenvalue weighted by Gasteiger charge is -2.37. The zero-order valence-electron chi connectivity index (χ0n) is 15.2. The molecule has 3 N–H and O–H groups in total. The number of nitrogens with zero attached hydrogens (tertiary/aromatic N) is 1. The zero-order valence-corrected chi connectivity index (χ0v) is 15.2. The first-order valence-corrected chi connectivity index (χ1v) is 8.63. The van der Waals surface area contributed by atoms with Crippen molar-refractivity contribution in [1.29, 1.82) is 0 Å². The number of ether oxygens (including phenoxy) is 1. The molecule has 2 atom stereocenters. The fourth-order valence-electron chi connectivity index (χ4n) is 2.74. The molecule has 1 saturated heterocycles. The second-order valence-electron chi connectivity index (χ2n) is 7.80. The molecular weight excluding hydrogens is 294 g/mol. The highest BCUT2D eigenvalue weighted by atomic mass is 16.6. The Labute approximate surface area is 140 Å². The standard InChI is InChI=1S/C17H33N3O3/c1-12(2)10-14(18)15(21)19-11-13-8-6-7-9-20(13)16(22)23-17(3,4)5/h12-14H,6-11,18H2,1-5H3,(H,19,21)/t13?,14-/m0/s1. The quantitative estimate of drug-likeness (QED) is 0.811. The van der Waals surface area contributed by atoms with Gasteiger partial charge in [0.1, 0.15) is 5.60 Å². The van der Waals surface area contributed by atoms with Crippen molar-refractivity contribution < 1.29 is 14.3 Å². The molecule has 0 spiro atoms. The molecule has 0 aromatic carbocycles. The van der Waals surface area contributed by atoms with Crippen LogP contribution in [0.4, 0.5) is 4.79 Å². The number of nitrogens with two attached hydrogens (primary N) is 1. The molecule has 1 aliphatic rings. The molecule has 6 heteroatoms. The van der Waals surface area contributed by atoms with E-state index < -0.39 is 11.6 Å². The molecule has 0 aromatic heterocycles. The lowest BCUT2D eigenvalue weighted by molar-refractivity contribution is -0.123. The van der Waals surface area contributed by atoms with Gasteiger partial charge in [0.05, 0.1) is 12.1 Å². The Morgan fingerprint density at radius 1 is 1.30 bits per heavy atom. The Balaban J connectivity index is 2.55. The topological polar surface area (TPSA) is 84.7 Å². The van der Waals surface area contributed by atoms with Gasteiger partial charge in [0.15, 0.2) is 0 Å². The molecule has 0 aliphatic carbocycles.